The van der Waals surface area contributed by atoms with Crippen molar-refractivity contribution in [3.05, 3.63) is 54.1 Å². The fraction of sp³-hybridized carbons (Fsp3) is 0.360. The normalized spacial score (nSPS) is 14.1. The lowest BCUT2D eigenvalue weighted by Crippen LogP contribution is -2.45. The third-order valence-electron chi connectivity index (χ3n) is 5.96. The van der Waals surface area contributed by atoms with Crippen LogP contribution in [-0.2, 0) is 11.2 Å². The first-order valence-electron chi connectivity index (χ1n) is 11.0. The number of hydrogen-bond donors (Lipinski definition) is 2. The molecule has 0 unspecified atom stereocenters. The Morgan fingerprint density at radius 1 is 1.00 bits per heavy atom. The Morgan fingerprint density at radius 3 is 2.39 bits per heavy atom. The Labute approximate surface area is 193 Å². The van der Waals surface area contributed by atoms with Gasteiger partial charge in [-0.2, -0.15) is 5.10 Å². The van der Waals surface area contributed by atoms with Crippen LogP contribution in [0.5, 0.6) is 17.2 Å². The van der Waals surface area contributed by atoms with Gasteiger partial charge in [-0.1, -0.05) is 6.07 Å². The van der Waals surface area contributed by atoms with Crippen LogP contribution < -0.4 is 24.4 Å². The lowest BCUT2D eigenvalue weighted by molar-refractivity contribution is -0.121. The molecule has 0 radical (unpaired) electrons. The highest BCUT2D eigenvalue weighted by molar-refractivity contribution is 5.79. The molecule has 8 heteroatoms. The lowest BCUT2D eigenvalue weighted by Gasteiger charge is -2.32. The molecule has 1 aromatic heterocycles. The first-order chi connectivity index (χ1) is 16.1. The first kappa shape index (κ1) is 22.5. The van der Waals surface area contributed by atoms with Gasteiger partial charge in [-0.05, 0) is 60.4 Å². The van der Waals surface area contributed by atoms with Crippen molar-refractivity contribution in [1.29, 1.82) is 0 Å². The summed E-state index contributed by atoms with van der Waals surface area (Å²) in [5.41, 5.74) is 2.93. The molecule has 0 atom stereocenters. The highest BCUT2D eigenvalue weighted by Crippen LogP contribution is 2.28. The monoisotopic (exact) mass is 450 g/mol. The van der Waals surface area contributed by atoms with Crippen LogP contribution in [-0.4, -0.2) is 56.6 Å². The van der Waals surface area contributed by atoms with Crippen molar-refractivity contribution < 1.29 is 19.0 Å². The maximum atomic E-state index is 12.6. The number of aromatic amines is 1. The predicted octanol–water partition coefficient (Wildman–Crippen LogP) is 3.43. The fourth-order valence-electron chi connectivity index (χ4n) is 4.10. The molecule has 0 aliphatic carbocycles. The zero-order valence-corrected chi connectivity index (χ0v) is 19.3. The molecule has 33 heavy (non-hydrogen) atoms. The maximum absolute atomic E-state index is 12.6. The third-order valence-corrected chi connectivity index (χ3v) is 5.96. The molecule has 8 nitrogen and oxygen atoms in total. The number of hydrogen-bond acceptors (Lipinski definition) is 6. The van der Waals surface area contributed by atoms with Crippen LogP contribution in [0, 0.1) is 0 Å². The van der Waals surface area contributed by atoms with Crippen LogP contribution in [0.1, 0.15) is 18.4 Å². The molecule has 4 rings (SSSR count). The number of aromatic nitrogens is 2. The Kier molecular flexibility index (Phi) is 7.02. The van der Waals surface area contributed by atoms with E-state index in [2.05, 4.69) is 26.5 Å². The molecule has 0 spiro atoms. The number of carbonyl (C=O) groups excluding carboxylic acids is 1. The van der Waals surface area contributed by atoms with E-state index in [0.29, 0.717) is 17.9 Å². The van der Waals surface area contributed by atoms with E-state index in [9.17, 15) is 4.79 Å². The Hall–Kier alpha value is -3.68. The van der Waals surface area contributed by atoms with Gasteiger partial charge in [0, 0.05) is 25.2 Å². The van der Waals surface area contributed by atoms with E-state index in [0.717, 1.165) is 54.3 Å². The number of amides is 1. The molecule has 1 saturated heterocycles. The maximum Gasteiger partial charge on any atom is 0.224 e. The van der Waals surface area contributed by atoms with Crippen molar-refractivity contribution in [3.63, 3.8) is 0 Å². The second-order valence-corrected chi connectivity index (χ2v) is 8.06. The van der Waals surface area contributed by atoms with Crippen molar-refractivity contribution in [2.24, 2.45) is 0 Å². The van der Waals surface area contributed by atoms with Crippen LogP contribution in [0.15, 0.2) is 48.5 Å². The molecular weight excluding hydrogens is 420 g/mol. The average Bonchev–Trinajstić information content (AvgIpc) is 3.34. The number of rotatable bonds is 8. The molecule has 2 aromatic carbocycles. The van der Waals surface area contributed by atoms with Crippen LogP contribution in [0.4, 0.5) is 5.82 Å². The summed E-state index contributed by atoms with van der Waals surface area (Å²) in [6, 6.07) is 15.7. The molecule has 1 aliphatic heterocycles. The topological polar surface area (TPSA) is 88.7 Å². The van der Waals surface area contributed by atoms with Gasteiger partial charge in [0.25, 0.3) is 0 Å². The number of carbonyl (C=O) groups is 1. The molecule has 2 heterocycles. The van der Waals surface area contributed by atoms with Crippen LogP contribution in [0.3, 0.4) is 0 Å². The second-order valence-electron chi connectivity index (χ2n) is 8.06. The predicted molar refractivity (Wildman–Crippen MR) is 127 cm³/mol. The summed E-state index contributed by atoms with van der Waals surface area (Å²) in [4.78, 5) is 14.8. The number of nitrogens with one attached hydrogen (secondary N) is 2. The number of methoxy groups -OCH3 is 3. The van der Waals surface area contributed by atoms with Gasteiger partial charge in [0.2, 0.25) is 5.91 Å². The molecular formula is C25H30N4O4. The number of piperidine rings is 1. The van der Waals surface area contributed by atoms with E-state index < -0.39 is 0 Å². The van der Waals surface area contributed by atoms with E-state index in [1.165, 1.54) is 0 Å². The summed E-state index contributed by atoms with van der Waals surface area (Å²) in [5, 5.41) is 10.8. The summed E-state index contributed by atoms with van der Waals surface area (Å²) in [5.74, 6) is 3.05. The van der Waals surface area contributed by atoms with Crippen molar-refractivity contribution >= 4 is 11.7 Å². The molecule has 3 aromatic rings. The van der Waals surface area contributed by atoms with Gasteiger partial charge < -0.3 is 24.4 Å². The lowest BCUT2D eigenvalue weighted by atomic mass is 10.0. The van der Waals surface area contributed by atoms with Crippen molar-refractivity contribution in [1.82, 2.24) is 15.5 Å². The van der Waals surface area contributed by atoms with Gasteiger partial charge in [0.05, 0.1) is 33.4 Å². The molecule has 1 fully saturated rings. The minimum atomic E-state index is 0.0160. The smallest absolute Gasteiger partial charge is 0.224 e. The summed E-state index contributed by atoms with van der Waals surface area (Å²) >= 11 is 0. The summed E-state index contributed by atoms with van der Waals surface area (Å²) < 4.78 is 15.8. The molecule has 0 saturated carbocycles. The summed E-state index contributed by atoms with van der Waals surface area (Å²) in [6.45, 7) is 1.68. The van der Waals surface area contributed by atoms with Gasteiger partial charge in [0.15, 0.2) is 17.3 Å². The zero-order chi connectivity index (χ0) is 23.2. The SMILES string of the molecule is COc1ccc(-c2cc(N3CCC(NC(=O)Cc4ccc(OC)c(OC)c4)CC3)n[nH]2)cc1. The minimum Gasteiger partial charge on any atom is -0.497 e. The second kappa shape index (κ2) is 10.3. The summed E-state index contributed by atoms with van der Waals surface area (Å²) in [7, 11) is 4.85. The average molecular weight is 451 g/mol. The fourth-order valence-corrected chi connectivity index (χ4v) is 4.10. The molecule has 174 valence electrons. The van der Waals surface area contributed by atoms with E-state index >= 15 is 0 Å². The van der Waals surface area contributed by atoms with Crippen LogP contribution in [0.2, 0.25) is 0 Å². The standard InChI is InChI=1S/C25H30N4O4/c1-31-20-7-5-18(6-8-20)21-16-24(28-27-21)29-12-10-19(11-13-29)26-25(30)15-17-4-9-22(32-2)23(14-17)33-3/h4-9,14,16,19H,10-13,15H2,1-3H3,(H,26,30)(H,27,28). The quantitative estimate of drug-likeness (QED) is 0.547. The largest absolute Gasteiger partial charge is 0.497 e. The number of nitrogens with zero attached hydrogens (tertiary/aromatic N) is 2. The molecule has 1 aliphatic rings. The van der Waals surface area contributed by atoms with Gasteiger partial charge >= 0.3 is 0 Å². The molecule has 2 N–H and O–H groups in total. The van der Waals surface area contributed by atoms with Crippen molar-refractivity contribution in [2.45, 2.75) is 25.3 Å². The molecule has 1 amide bonds. The number of H-pyrrole nitrogens is 1. The minimum absolute atomic E-state index is 0.0160. The van der Waals surface area contributed by atoms with Crippen LogP contribution >= 0.6 is 0 Å². The van der Waals surface area contributed by atoms with Gasteiger partial charge in [0.1, 0.15) is 5.75 Å². The third kappa shape index (κ3) is 5.39. The Bertz CT molecular complexity index is 1070. The van der Waals surface area contributed by atoms with Crippen LogP contribution in [0.25, 0.3) is 11.3 Å². The van der Waals surface area contributed by atoms with Gasteiger partial charge in [-0.25, -0.2) is 0 Å². The van der Waals surface area contributed by atoms with Gasteiger partial charge in [-0.15, -0.1) is 0 Å². The van der Waals surface area contributed by atoms with Crippen molar-refractivity contribution in [3.8, 4) is 28.5 Å². The molecule has 0 bridgehead atoms. The van der Waals surface area contributed by atoms with E-state index in [1.54, 1.807) is 21.3 Å². The number of anilines is 1. The Balaban J connectivity index is 1.28. The first-order valence-corrected chi connectivity index (χ1v) is 11.0. The van der Waals surface area contributed by atoms with E-state index in [4.69, 9.17) is 14.2 Å². The highest BCUT2D eigenvalue weighted by atomic mass is 16.5. The Morgan fingerprint density at radius 2 is 1.73 bits per heavy atom. The van der Waals surface area contributed by atoms with E-state index in [1.807, 2.05) is 42.5 Å². The van der Waals surface area contributed by atoms with E-state index in [-0.39, 0.29) is 11.9 Å². The zero-order valence-electron chi connectivity index (χ0n) is 19.3. The number of benzene rings is 2. The highest BCUT2D eigenvalue weighted by Gasteiger charge is 2.22. The summed E-state index contributed by atoms with van der Waals surface area (Å²) in [6.07, 6.45) is 2.07. The van der Waals surface area contributed by atoms with Crippen molar-refractivity contribution in [2.75, 3.05) is 39.3 Å². The number of ether oxygens (including phenoxy) is 3. The van der Waals surface area contributed by atoms with Gasteiger partial charge in [-0.3, -0.25) is 9.89 Å².